The number of hydrazone groups is 1. The molecule has 6 heteroatoms. The van der Waals surface area contributed by atoms with Crippen molar-refractivity contribution >= 4 is 12.1 Å². The molecule has 0 bridgehead atoms. The summed E-state index contributed by atoms with van der Waals surface area (Å²) in [4.78, 5) is 12.4. The first kappa shape index (κ1) is 21.5. The predicted octanol–water partition coefficient (Wildman–Crippen LogP) is 4.32. The second-order valence-corrected chi connectivity index (χ2v) is 7.56. The average Bonchev–Trinajstić information content (AvgIpc) is 2.88. The number of aromatic nitrogens is 1. The number of ether oxygens (including phenoxy) is 2. The minimum Gasteiger partial charge on any atom is -0.493 e. The number of methoxy groups -OCH3 is 1. The van der Waals surface area contributed by atoms with E-state index in [1.54, 1.807) is 31.5 Å². The second kappa shape index (κ2) is 9.44. The Balaban J connectivity index is 2.10. The predicted molar refractivity (Wildman–Crippen MR) is 113 cm³/mol. The number of benzene rings is 1. The maximum atomic E-state index is 12.4. The van der Waals surface area contributed by atoms with Gasteiger partial charge < -0.3 is 14.0 Å². The van der Waals surface area contributed by atoms with Gasteiger partial charge in [0.05, 0.1) is 19.4 Å². The van der Waals surface area contributed by atoms with Crippen molar-refractivity contribution < 1.29 is 14.3 Å². The summed E-state index contributed by atoms with van der Waals surface area (Å²) < 4.78 is 13.3. The molecule has 0 radical (unpaired) electrons. The van der Waals surface area contributed by atoms with Gasteiger partial charge >= 0.3 is 0 Å². The van der Waals surface area contributed by atoms with Crippen molar-refractivity contribution in [3.8, 4) is 11.5 Å². The first-order valence-corrected chi connectivity index (χ1v) is 9.57. The molecule has 1 N–H and O–H groups in total. The monoisotopic (exact) mass is 385 g/mol. The van der Waals surface area contributed by atoms with Crippen molar-refractivity contribution in [1.82, 2.24) is 9.99 Å². The molecule has 0 aliphatic rings. The molecule has 2 aromatic rings. The fourth-order valence-electron chi connectivity index (χ4n) is 2.99. The highest BCUT2D eigenvalue weighted by Crippen LogP contribution is 2.29. The van der Waals surface area contributed by atoms with Crippen molar-refractivity contribution in [2.45, 2.75) is 54.2 Å². The molecule has 0 saturated heterocycles. The molecule has 0 unspecified atom stereocenters. The zero-order valence-electron chi connectivity index (χ0n) is 17.9. The Labute approximate surface area is 167 Å². The van der Waals surface area contributed by atoms with E-state index in [9.17, 15) is 4.79 Å². The van der Waals surface area contributed by atoms with Crippen LogP contribution in [0.2, 0.25) is 0 Å². The van der Waals surface area contributed by atoms with Crippen LogP contribution >= 0.6 is 0 Å². The lowest BCUT2D eigenvalue weighted by atomic mass is 10.2. The number of hydrogen-bond donors (Lipinski definition) is 1. The van der Waals surface area contributed by atoms with E-state index in [1.165, 1.54) is 5.69 Å². The van der Waals surface area contributed by atoms with Gasteiger partial charge in [-0.3, -0.25) is 4.79 Å². The van der Waals surface area contributed by atoms with Crippen molar-refractivity contribution in [3.05, 3.63) is 46.8 Å². The number of nitrogens with zero attached hydrogens (tertiary/aromatic N) is 2. The van der Waals surface area contributed by atoms with Gasteiger partial charge in [0.2, 0.25) is 0 Å². The fourth-order valence-corrected chi connectivity index (χ4v) is 2.99. The molecule has 6 nitrogen and oxygen atoms in total. The van der Waals surface area contributed by atoms with Crippen LogP contribution in [0.15, 0.2) is 29.4 Å². The van der Waals surface area contributed by atoms with Gasteiger partial charge in [0.25, 0.3) is 5.91 Å². The lowest BCUT2D eigenvalue weighted by molar-refractivity contribution is 0.0954. The molecule has 1 aromatic carbocycles. The Morgan fingerprint density at radius 2 is 1.89 bits per heavy atom. The van der Waals surface area contributed by atoms with Gasteiger partial charge in [0.15, 0.2) is 11.5 Å². The van der Waals surface area contributed by atoms with Gasteiger partial charge in [-0.25, -0.2) is 5.43 Å². The molecular weight excluding hydrogens is 354 g/mol. The number of hydrogen-bond acceptors (Lipinski definition) is 4. The van der Waals surface area contributed by atoms with Crippen LogP contribution in [0.3, 0.4) is 0 Å². The van der Waals surface area contributed by atoms with E-state index in [2.05, 4.69) is 48.9 Å². The van der Waals surface area contributed by atoms with Gasteiger partial charge in [-0.05, 0) is 57.9 Å². The van der Waals surface area contributed by atoms with Crippen molar-refractivity contribution in [2.24, 2.45) is 11.0 Å². The molecule has 2 rings (SSSR count). The Morgan fingerprint density at radius 1 is 1.18 bits per heavy atom. The summed E-state index contributed by atoms with van der Waals surface area (Å²) in [6.07, 6.45) is 1.71. The Kier molecular flexibility index (Phi) is 7.26. The molecule has 1 aromatic heterocycles. The van der Waals surface area contributed by atoms with Crippen LogP contribution in [0.1, 0.15) is 55.0 Å². The van der Waals surface area contributed by atoms with Crippen LogP contribution in [0, 0.1) is 19.8 Å². The third-order valence-electron chi connectivity index (χ3n) is 4.32. The molecule has 1 heterocycles. The number of aryl methyl sites for hydroxylation is 1. The minimum absolute atomic E-state index is 0.0212. The summed E-state index contributed by atoms with van der Waals surface area (Å²) in [6, 6.07) is 7.15. The summed E-state index contributed by atoms with van der Waals surface area (Å²) in [5.74, 6) is 1.38. The molecule has 1 amide bonds. The first-order valence-electron chi connectivity index (χ1n) is 9.57. The molecule has 0 aliphatic heterocycles. The van der Waals surface area contributed by atoms with Crippen molar-refractivity contribution in [2.75, 3.05) is 7.11 Å². The largest absolute Gasteiger partial charge is 0.493 e. The number of nitrogens with one attached hydrogen (secondary N) is 1. The molecule has 0 saturated carbocycles. The van der Waals surface area contributed by atoms with Gasteiger partial charge in [0.1, 0.15) is 0 Å². The molecule has 152 valence electrons. The number of amides is 1. The smallest absolute Gasteiger partial charge is 0.271 e. The lowest BCUT2D eigenvalue weighted by Gasteiger charge is -2.14. The van der Waals surface area contributed by atoms with Crippen LogP contribution in [-0.2, 0) is 6.54 Å². The Hall–Kier alpha value is -2.76. The van der Waals surface area contributed by atoms with E-state index >= 15 is 0 Å². The highest BCUT2D eigenvalue weighted by atomic mass is 16.5. The van der Waals surface area contributed by atoms with Gasteiger partial charge in [-0.1, -0.05) is 13.8 Å². The maximum Gasteiger partial charge on any atom is 0.271 e. The second-order valence-electron chi connectivity index (χ2n) is 7.56. The summed E-state index contributed by atoms with van der Waals surface area (Å²) in [6.45, 7) is 13.4. The van der Waals surface area contributed by atoms with E-state index < -0.39 is 0 Å². The standard InChI is InChI=1S/C22H31N3O3/c1-14(2)13-25-16(5)10-19(17(25)6)12-23-24-22(26)18-8-9-20(28-15(3)4)21(11-18)27-7/h8-12,14-15H,13H2,1-7H3,(H,24,26)/b23-12-. The summed E-state index contributed by atoms with van der Waals surface area (Å²) in [5.41, 5.74) is 6.36. The van der Waals surface area contributed by atoms with E-state index in [0.29, 0.717) is 23.0 Å². The van der Waals surface area contributed by atoms with E-state index in [4.69, 9.17) is 9.47 Å². The molecule has 0 atom stereocenters. The molecule has 0 spiro atoms. The maximum absolute atomic E-state index is 12.4. The Morgan fingerprint density at radius 3 is 2.50 bits per heavy atom. The summed E-state index contributed by atoms with van der Waals surface area (Å²) in [7, 11) is 1.55. The summed E-state index contributed by atoms with van der Waals surface area (Å²) >= 11 is 0. The third-order valence-corrected chi connectivity index (χ3v) is 4.32. The van der Waals surface area contributed by atoms with Gasteiger partial charge in [0, 0.05) is 29.1 Å². The van der Waals surface area contributed by atoms with Gasteiger partial charge in [-0.15, -0.1) is 0 Å². The van der Waals surface area contributed by atoms with Crippen LogP contribution < -0.4 is 14.9 Å². The van der Waals surface area contributed by atoms with Crippen LogP contribution in [-0.4, -0.2) is 29.9 Å². The first-order chi connectivity index (χ1) is 13.2. The van der Waals surface area contributed by atoms with Crippen LogP contribution in [0.25, 0.3) is 0 Å². The third kappa shape index (κ3) is 5.38. The molecule has 0 fully saturated rings. The highest BCUT2D eigenvalue weighted by Gasteiger charge is 2.12. The van der Waals surface area contributed by atoms with Crippen LogP contribution in [0.5, 0.6) is 11.5 Å². The number of rotatable bonds is 8. The average molecular weight is 386 g/mol. The van der Waals surface area contributed by atoms with E-state index in [0.717, 1.165) is 17.8 Å². The molecule has 28 heavy (non-hydrogen) atoms. The number of carbonyl (C=O) groups is 1. The van der Waals surface area contributed by atoms with Gasteiger partial charge in [-0.2, -0.15) is 5.10 Å². The van der Waals surface area contributed by atoms with Crippen molar-refractivity contribution in [1.29, 1.82) is 0 Å². The number of carbonyl (C=O) groups excluding carboxylic acids is 1. The Bertz CT molecular complexity index is 851. The topological polar surface area (TPSA) is 64.8 Å². The highest BCUT2D eigenvalue weighted by molar-refractivity contribution is 5.95. The molecular formula is C22H31N3O3. The van der Waals surface area contributed by atoms with Crippen LogP contribution in [0.4, 0.5) is 0 Å². The lowest BCUT2D eigenvalue weighted by Crippen LogP contribution is -2.18. The van der Waals surface area contributed by atoms with E-state index in [1.807, 2.05) is 13.8 Å². The summed E-state index contributed by atoms with van der Waals surface area (Å²) in [5, 5.41) is 4.13. The quantitative estimate of drug-likeness (QED) is 0.544. The van der Waals surface area contributed by atoms with E-state index in [-0.39, 0.29) is 12.0 Å². The SMILES string of the molecule is COc1cc(C(=O)N/N=C\c2cc(C)n(CC(C)C)c2C)ccc1OC(C)C. The molecule has 0 aliphatic carbocycles. The zero-order valence-corrected chi connectivity index (χ0v) is 17.9. The fraction of sp³-hybridized carbons (Fsp3) is 0.455. The zero-order chi connectivity index (χ0) is 20.8. The normalized spacial score (nSPS) is 11.5. The minimum atomic E-state index is -0.304. The van der Waals surface area contributed by atoms with Crippen molar-refractivity contribution in [3.63, 3.8) is 0 Å².